The van der Waals surface area contributed by atoms with Crippen molar-refractivity contribution in [1.82, 2.24) is 10.1 Å². The van der Waals surface area contributed by atoms with Crippen molar-refractivity contribution in [3.05, 3.63) is 63.7 Å². The van der Waals surface area contributed by atoms with Crippen LogP contribution in [0.2, 0.25) is 5.02 Å². The normalized spacial score (nSPS) is 17.1. The molecule has 1 aliphatic heterocycles. The third-order valence-corrected chi connectivity index (χ3v) is 5.06. The fraction of sp³-hybridized carbons (Fsp3) is 0.167. The molecule has 5 nitrogen and oxygen atoms in total. The summed E-state index contributed by atoms with van der Waals surface area (Å²) in [6.45, 7) is 0.438. The minimum Gasteiger partial charge on any atom is -0.339 e. The SMILES string of the molecule is O=C1CC(c2nc(-c3ccc(F)c(Br)c3)no2)CN1c1cccc(Cl)c1. The minimum absolute atomic E-state index is 0.0263. The molecule has 1 aliphatic rings. The lowest BCUT2D eigenvalue weighted by Crippen LogP contribution is -2.24. The van der Waals surface area contributed by atoms with E-state index in [1.54, 1.807) is 35.2 Å². The van der Waals surface area contributed by atoms with E-state index in [-0.39, 0.29) is 24.1 Å². The number of halogens is 3. The first-order valence-corrected chi connectivity index (χ1v) is 9.03. The van der Waals surface area contributed by atoms with Crippen molar-refractivity contribution in [1.29, 1.82) is 0 Å². The summed E-state index contributed by atoms with van der Waals surface area (Å²) in [6, 6.07) is 11.6. The number of nitrogens with zero attached hydrogens (tertiary/aromatic N) is 3. The zero-order valence-corrected chi connectivity index (χ0v) is 15.7. The van der Waals surface area contributed by atoms with E-state index in [1.807, 2.05) is 6.07 Å². The Labute approximate surface area is 161 Å². The zero-order chi connectivity index (χ0) is 18.3. The summed E-state index contributed by atoms with van der Waals surface area (Å²) in [6.07, 6.45) is 0.279. The predicted molar refractivity (Wildman–Crippen MR) is 98.6 cm³/mol. The van der Waals surface area contributed by atoms with Crippen LogP contribution in [0.1, 0.15) is 18.2 Å². The van der Waals surface area contributed by atoms with Gasteiger partial charge in [0.1, 0.15) is 5.82 Å². The molecule has 1 unspecified atom stereocenters. The van der Waals surface area contributed by atoms with Crippen LogP contribution in [-0.2, 0) is 4.79 Å². The molecule has 1 aromatic heterocycles. The highest BCUT2D eigenvalue weighted by Crippen LogP contribution is 2.33. The lowest BCUT2D eigenvalue weighted by Gasteiger charge is -2.16. The van der Waals surface area contributed by atoms with Crippen LogP contribution in [0.15, 0.2) is 51.5 Å². The van der Waals surface area contributed by atoms with Gasteiger partial charge in [-0.2, -0.15) is 4.98 Å². The molecule has 0 N–H and O–H groups in total. The Hall–Kier alpha value is -2.25. The van der Waals surface area contributed by atoms with Crippen LogP contribution in [0, 0.1) is 5.82 Å². The molecule has 1 atom stereocenters. The van der Waals surface area contributed by atoms with Crippen LogP contribution >= 0.6 is 27.5 Å². The number of amides is 1. The van der Waals surface area contributed by atoms with Gasteiger partial charge in [0, 0.05) is 29.2 Å². The summed E-state index contributed by atoms with van der Waals surface area (Å²) in [5.41, 5.74) is 1.37. The minimum atomic E-state index is -0.365. The topological polar surface area (TPSA) is 59.2 Å². The van der Waals surface area contributed by atoms with E-state index in [9.17, 15) is 9.18 Å². The van der Waals surface area contributed by atoms with Crippen LogP contribution in [0.4, 0.5) is 10.1 Å². The number of carbonyl (C=O) groups excluding carboxylic acids is 1. The van der Waals surface area contributed by atoms with Crippen LogP contribution < -0.4 is 4.90 Å². The first-order chi connectivity index (χ1) is 12.5. The standard InChI is InChI=1S/C18H12BrClFN3O2/c19-14-6-10(4-5-15(14)21)17-22-18(26-23-17)11-7-16(25)24(9-11)13-3-1-2-12(20)8-13/h1-6,8,11H,7,9H2. The van der Waals surface area contributed by atoms with Gasteiger partial charge < -0.3 is 9.42 Å². The fourth-order valence-electron chi connectivity index (χ4n) is 2.92. The van der Waals surface area contributed by atoms with E-state index >= 15 is 0 Å². The third-order valence-electron chi connectivity index (χ3n) is 4.21. The van der Waals surface area contributed by atoms with Gasteiger partial charge in [0.2, 0.25) is 17.6 Å². The van der Waals surface area contributed by atoms with Crippen molar-refractivity contribution < 1.29 is 13.7 Å². The zero-order valence-electron chi connectivity index (χ0n) is 13.3. The molecule has 3 aromatic rings. The third kappa shape index (κ3) is 3.24. The highest BCUT2D eigenvalue weighted by molar-refractivity contribution is 9.10. The van der Waals surface area contributed by atoms with E-state index in [0.29, 0.717) is 33.3 Å². The Kier molecular flexibility index (Phi) is 4.50. The molecule has 2 aromatic carbocycles. The first-order valence-electron chi connectivity index (χ1n) is 7.86. The number of carbonyl (C=O) groups is 1. The molecule has 0 saturated carbocycles. The molecule has 26 heavy (non-hydrogen) atoms. The number of benzene rings is 2. The van der Waals surface area contributed by atoms with E-state index in [2.05, 4.69) is 26.1 Å². The maximum absolute atomic E-state index is 13.4. The van der Waals surface area contributed by atoms with Gasteiger partial charge in [0.05, 0.1) is 10.4 Å². The summed E-state index contributed by atoms with van der Waals surface area (Å²) in [5, 5.41) is 4.53. The Morgan fingerprint density at radius 2 is 2.12 bits per heavy atom. The van der Waals surface area contributed by atoms with Gasteiger partial charge in [-0.1, -0.05) is 22.8 Å². The summed E-state index contributed by atoms with van der Waals surface area (Å²) in [7, 11) is 0. The number of hydrogen-bond donors (Lipinski definition) is 0. The summed E-state index contributed by atoms with van der Waals surface area (Å²) in [5.74, 6) is 0.150. The van der Waals surface area contributed by atoms with Crippen LogP contribution in [-0.4, -0.2) is 22.6 Å². The first kappa shape index (κ1) is 17.2. The molecule has 1 fully saturated rings. The van der Waals surface area contributed by atoms with Crippen molar-refractivity contribution in [3.63, 3.8) is 0 Å². The Bertz CT molecular complexity index is 994. The van der Waals surface area contributed by atoms with Gasteiger partial charge in [-0.3, -0.25) is 4.79 Å². The number of hydrogen-bond acceptors (Lipinski definition) is 4. The Morgan fingerprint density at radius 3 is 2.88 bits per heavy atom. The molecule has 1 amide bonds. The molecular formula is C18H12BrClFN3O2. The molecule has 0 aliphatic carbocycles. The maximum atomic E-state index is 13.4. The van der Waals surface area contributed by atoms with Crippen molar-refractivity contribution in [2.45, 2.75) is 12.3 Å². The average molecular weight is 437 g/mol. The highest BCUT2D eigenvalue weighted by atomic mass is 79.9. The van der Waals surface area contributed by atoms with Gasteiger partial charge >= 0.3 is 0 Å². The van der Waals surface area contributed by atoms with Crippen molar-refractivity contribution in [3.8, 4) is 11.4 Å². The summed E-state index contributed by atoms with van der Waals surface area (Å²) >= 11 is 9.15. The molecule has 1 saturated heterocycles. The van der Waals surface area contributed by atoms with Crippen LogP contribution in [0.25, 0.3) is 11.4 Å². The summed E-state index contributed by atoms with van der Waals surface area (Å²) in [4.78, 5) is 18.4. The lowest BCUT2D eigenvalue weighted by molar-refractivity contribution is -0.117. The second kappa shape index (κ2) is 6.81. The monoisotopic (exact) mass is 435 g/mol. The van der Waals surface area contributed by atoms with E-state index in [4.69, 9.17) is 16.1 Å². The maximum Gasteiger partial charge on any atom is 0.232 e. The second-order valence-electron chi connectivity index (χ2n) is 5.97. The number of anilines is 1. The smallest absolute Gasteiger partial charge is 0.232 e. The van der Waals surface area contributed by atoms with Crippen molar-refractivity contribution in [2.24, 2.45) is 0 Å². The largest absolute Gasteiger partial charge is 0.339 e. The van der Waals surface area contributed by atoms with E-state index in [1.165, 1.54) is 6.07 Å². The van der Waals surface area contributed by atoms with E-state index in [0.717, 1.165) is 5.69 Å². The van der Waals surface area contributed by atoms with Gasteiger partial charge in [-0.05, 0) is 52.3 Å². The van der Waals surface area contributed by atoms with Gasteiger partial charge in [-0.15, -0.1) is 0 Å². The molecule has 4 rings (SSSR count). The van der Waals surface area contributed by atoms with Crippen LogP contribution in [0.5, 0.6) is 0 Å². The lowest BCUT2D eigenvalue weighted by atomic mass is 10.1. The quantitative estimate of drug-likeness (QED) is 0.591. The van der Waals surface area contributed by atoms with Crippen molar-refractivity contribution in [2.75, 3.05) is 11.4 Å². The molecule has 0 bridgehead atoms. The van der Waals surface area contributed by atoms with Gasteiger partial charge in [0.25, 0.3) is 0 Å². The molecular weight excluding hydrogens is 425 g/mol. The molecule has 0 spiro atoms. The molecule has 0 radical (unpaired) electrons. The van der Waals surface area contributed by atoms with E-state index < -0.39 is 0 Å². The second-order valence-corrected chi connectivity index (χ2v) is 7.26. The Morgan fingerprint density at radius 1 is 1.27 bits per heavy atom. The number of rotatable bonds is 3. The van der Waals surface area contributed by atoms with Gasteiger partial charge in [-0.25, -0.2) is 4.39 Å². The predicted octanol–water partition coefficient (Wildman–Crippen LogP) is 4.81. The molecule has 2 heterocycles. The highest BCUT2D eigenvalue weighted by Gasteiger charge is 2.35. The van der Waals surface area contributed by atoms with Gasteiger partial charge in [0.15, 0.2) is 0 Å². The molecule has 8 heteroatoms. The average Bonchev–Trinajstić information content (AvgIpc) is 3.24. The molecule has 132 valence electrons. The summed E-state index contributed by atoms with van der Waals surface area (Å²) < 4.78 is 19.1. The van der Waals surface area contributed by atoms with Crippen LogP contribution in [0.3, 0.4) is 0 Å². The Balaban J connectivity index is 1.57. The van der Waals surface area contributed by atoms with Crippen molar-refractivity contribution >= 4 is 39.1 Å². The number of aromatic nitrogens is 2. The fourth-order valence-corrected chi connectivity index (χ4v) is 3.48.